The van der Waals surface area contributed by atoms with Crippen LogP contribution in [0, 0.1) is 5.92 Å². The third kappa shape index (κ3) is 3.08. The normalized spacial score (nSPS) is 22.2. The van der Waals surface area contributed by atoms with Crippen LogP contribution in [0.15, 0.2) is 23.1 Å². The molecule has 1 aliphatic rings. The van der Waals surface area contributed by atoms with Crippen LogP contribution in [0.25, 0.3) is 0 Å². The molecule has 0 aromatic heterocycles. The maximum Gasteiger partial charge on any atom is 0.337 e. The van der Waals surface area contributed by atoms with Gasteiger partial charge in [0.2, 0.25) is 10.0 Å². The molecule has 0 bridgehead atoms. The molecule has 7 heteroatoms. The van der Waals surface area contributed by atoms with Crippen molar-refractivity contribution in [3.05, 3.63) is 28.8 Å². The van der Waals surface area contributed by atoms with Crippen LogP contribution in [0.4, 0.5) is 0 Å². The van der Waals surface area contributed by atoms with Crippen molar-refractivity contribution in [2.45, 2.75) is 30.7 Å². The summed E-state index contributed by atoms with van der Waals surface area (Å²) in [4.78, 5) is 10.9. The molecule has 0 radical (unpaired) electrons. The van der Waals surface area contributed by atoms with E-state index >= 15 is 0 Å². The third-order valence-corrected chi connectivity index (χ3v) is 5.05. The Bertz CT molecular complexity index is 614. The predicted molar refractivity (Wildman–Crippen MR) is 70.9 cm³/mol. The van der Waals surface area contributed by atoms with Crippen molar-refractivity contribution in [2.75, 3.05) is 0 Å². The van der Waals surface area contributed by atoms with E-state index in [4.69, 9.17) is 16.7 Å². The monoisotopic (exact) mass is 303 g/mol. The average Bonchev–Trinajstić information content (AvgIpc) is 3.06. The Morgan fingerprint density at radius 1 is 1.53 bits per heavy atom. The van der Waals surface area contributed by atoms with Gasteiger partial charge in [0.1, 0.15) is 0 Å². The van der Waals surface area contributed by atoms with Gasteiger partial charge in [0.25, 0.3) is 0 Å². The maximum absolute atomic E-state index is 12.1. The lowest BCUT2D eigenvalue weighted by Crippen LogP contribution is -2.27. The van der Waals surface area contributed by atoms with Gasteiger partial charge in [0, 0.05) is 6.04 Å². The number of carbonyl (C=O) groups is 1. The van der Waals surface area contributed by atoms with Gasteiger partial charge in [-0.1, -0.05) is 24.9 Å². The third-order valence-electron chi connectivity index (χ3n) is 3.23. The zero-order chi connectivity index (χ0) is 14.2. The first-order valence-electron chi connectivity index (χ1n) is 5.90. The first-order chi connectivity index (χ1) is 8.85. The minimum atomic E-state index is -3.68. The predicted octanol–water partition coefficient (Wildman–Crippen LogP) is 2.12. The highest BCUT2D eigenvalue weighted by Crippen LogP contribution is 2.34. The molecule has 5 nitrogen and oxygen atoms in total. The Kier molecular flexibility index (Phi) is 3.85. The van der Waals surface area contributed by atoms with E-state index in [1.54, 1.807) is 0 Å². The largest absolute Gasteiger partial charge is 0.478 e. The van der Waals surface area contributed by atoms with Gasteiger partial charge in [-0.3, -0.25) is 0 Å². The standard InChI is InChI=1S/C12H14ClNO4S/c1-2-7-5-11(7)14-19(17,18)8-3-4-10(13)9(6-8)12(15)16/h3-4,6-7,11,14H,2,5H2,1H3,(H,15,16). The van der Waals surface area contributed by atoms with Crippen molar-refractivity contribution < 1.29 is 18.3 Å². The molecule has 2 N–H and O–H groups in total. The number of carboxylic acid groups (broad SMARTS) is 1. The lowest BCUT2D eigenvalue weighted by atomic mass is 10.2. The number of hydrogen-bond acceptors (Lipinski definition) is 3. The van der Waals surface area contributed by atoms with E-state index in [-0.39, 0.29) is 21.5 Å². The van der Waals surface area contributed by atoms with Crippen LogP contribution in [0.1, 0.15) is 30.1 Å². The molecule has 104 valence electrons. The molecule has 1 fully saturated rings. The summed E-state index contributed by atoms with van der Waals surface area (Å²) in [5, 5.41) is 8.95. The van der Waals surface area contributed by atoms with Crippen molar-refractivity contribution in [2.24, 2.45) is 5.92 Å². The number of aromatic carboxylic acids is 1. The fraction of sp³-hybridized carbons (Fsp3) is 0.417. The summed E-state index contributed by atoms with van der Waals surface area (Å²) in [7, 11) is -3.68. The summed E-state index contributed by atoms with van der Waals surface area (Å²) in [6.45, 7) is 2.00. The van der Waals surface area contributed by atoms with Crippen LogP contribution >= 0.6 is 11.6 Å². The number of benzene rings is 1. The molecule has 1 aromatic rings. The second-order valence-electron chi connectivity index (χ2n) is 4.58. The lowest BCUT2D eigenvalue weighted by Gasteiger charge is -2.07. The number of carboxylic acids is 1. The molecule has 1 aromatic carbocycles. The van der Waals surface area contributed by atoms with Crippen LogP contribution in [0.5, 0.6) is 0 Å². The first-order valence-corrected chi connectivity index (χ1v) is 7.76. The van der Waals surface area contributed by atoms with Crippen molar-refractivity contribution in [1.29, 1.82) is 0 Å². The molecule has 19 heavy (non-hydrogen) atoms. The van der Waals surface area contributed by atoms with Gasteiger partial charge in [0.15, 0.2) is 0 Å². The summed E-state index contributed by atoms with van der Waals surface area (Å²) in [6.07, 6.45) is 1.75. The van der Waals surface area contributed by atoms with E-state index in [2.05, 4.69) is 4.72 Å². The molecular formula is C12H14ClNO4S. The molecule has 1 saturated carbocycles. The van der Waals surface area contributed by atoms with Crippen LogP contribution in [0.3, 0.4) is 0 Å². The van der Waals surface area contributed by atoms with E-state index in [9.17, 15) is 13.2 Å². The average molecular weight is 304 g/mol. The van der Waals surface area contributed by atoms with E-state index in [0.29, 0.717) is 5.92 Å². The zero-order valence-electron chi connectivity index (χ0n) is 10.3. The van der Waals surface area contributed by atoms with E-state index < -0.39 is 16.0 Å². The second-order valence-corrected chi connectivity index (χ2v) is 6.70. The Balaban J connectivity index is 2.26. The first kappa shape index (κ1) is 14.3. The quantitative estimate of drug-likeness (QED) is 0.872. The Labute approximate surface area is 116 Å². The van der Waals surface area contributed by atoms with Gasteiger partial charge in [-0.2, -0.15) is 0 Å². The van der Waals surface area contributed by atoms with Crippen molar-refractivity contribution in [3.63, 3.8) is 0 Å². The lowest BCUT2D eigenvalue weighted by molar-refractivity contribution is 0.0697. The van der Waals surface area contributed by atoms with E-state index in [1.807, 2.05) is 6.92 Å². The minimum Gasteiger partial charge on any atom is -0.478 e. The molecular weight excluding hydrogens is 290 g/mol. The zero-order valence-corrected chi connectivity index (χ0v) is 11.8. The van der Waals surface area contributed by atoms with Gasteiger partial charge in [-0.05, 0) is 30.5 Å². The Morgan fingerprint density at radius 2 is 2.21 bits per heavy atom. The summed E-state index contributed by atoms with van der Waals surface area (Å²) < 4.78 is 26.7. The topological polar surface area (TPSA) is 83.5 Å². The van der Waals surface area contributed by atoms with Gasteiger partial charge < -0.3 is 5.11 Å². The highest BCUT2D eigenvalue weighted by Gasteiger charge is 2.38. The Hall–Kier alpha value is -1.11. The minimum absolute atomic E-state index is 0.0179. The molecule has 0 spiro atoms. The van der Waals surface area contributed by atoms with Crippen LogP contribution < -0.4 is 4.72 Å². The number of rotatable bonds is 5. The molecule has 0 heterocycles. The summed E-state index contributed by atoms with van der Waals surface area (Å²) >= 11 is 5.71. The molecule has 2 unspecified atom stereocenters. The molecule has 2 atom stereocenters. The summed E-state index contributed by atoms with van der Waals surface area (Å²) in [5.74, 6) is -0.874. The fourth-order valence-electron chi connectivity index (χ4n) is 1.95. The molecule has 2 rings (SSSR count). The van der Waals surface area contributed by atoms with Crippen molar-refractivity contribution in [1.82, 2.24) is 4.72 Å². The highest BCUT2D eigenvalue weighted by molar-refractivity contribution is 7.89. The molecule has 0 aliphatic heterocycles. The van der Waals surface area contributed by atoms with Gasteiger partial charge in [-0.25, -0.2) is 17.9 Å². The number of nitrogens with one attached hydrogen (secondary N) is 1. The van der Waals surface area contributed by atoms with Crippen LogP contribution in [0.2, 0.25) is 5.02 Å². The van der Waals surface area contributed by atoms with Crippen molar-refractivity contribution in [3.8, 4) is 0 Å². The second kappa shape index (κ2) is 5.11. The molecule has 0 saturated heterocycles. The SMILES string of the molecule is CCC1CC1NS(=O)(=O)c1ccc(Cl)c(C(=O)O)c1. The number of hydrogen-bond donors (Lipinski definition) is 2. The highest BCUT2D eigenvalue weighted by atomic mass is 35.5. The number of sulfonamides is 1. The van der Waals surface area contributed by atoms with E-state index in [0.717, 1.165) is 18.9 Å². The summed E-state index contributed by atoms with van der Waals surface area (Å²) in [5.41, 5.74) is -0.215. The van der Waals surface area contributed by atoms with Gasteiger partial charge in [-0.15, -0.1) is 0 Å². The molecule has 1 aliphatic carbocycles. The smallest absolute Gasteiger partial charge is 0.337 e. The van der Waals surface area contributed by atoms with Gasteiger partial charge >= 0.3 is 5.97 Å². The Morgan fingerprint density at radius 3 is 2.74 bits per heavy atom. The maximum atomic E-state index is 12.1. The fourth-order valence-corrected chi connectivity index (χ4v) is 3.49. The van der Waals surface area contributed by atoms with E-state index in [1.165, 1.54) is 12.1 Å². The van der Waals surface area contributed by atoms with Gasteiger partial charge in [0.05, 0.1) is 15.5 Å². The van der Waals surface area contributed by atoms with Crippen molar-refractivity contribution >= 4 is 27.6 Å². The number of halogens is 1. The van der Waals surface area contributed by atoms with Crippen LogP contribution in [-0.4, -0.2) is 25.5 Å². The van der Waals surface area contributed by atoms with Crippen LogP contribution in [-0.2, 0) is 10.0 Å². The molecule has 0 amide bonds. The summed E-state index contributed by atoms with van der Waals surface area (Å²) in [6, 6.07) is 3.62.